The molecule has 180 valence electrons. The fourth-order valence-electron chi connectivity index (χ4n) is 4.72. The second-order valence-electron chi connectivity index (χ2n) is 9.16. The Bertz CT molecular complexity index is 1310. The lowest BCUT2D eigenvalue weighted by molar-refractivity contribution is -0.118. The van der Waals surface area contributed by atoms with E-state index >= 15 is 0 Å². The highest BCUT2D eigenvalue weighted by atomic mass is 19.1. The molecule has 1 saturated heterocycles. The SMILES string of the molecule is CCc1ccc(F)c(-c2cnc(N3CC4(COC4)c4ccc(C(=O)N(C)CC(N)=O)cc43)nc2)c1. The minimum Gasteiger partial charge on any atom is -0.379 e. The third-order valence-electron chi connectivity index (χ3n) is 6.69. The first-order valence-electron chi connectivity index (χ1n) is 11.5. The number of primary amides is 1. The lowest BCUT2D eigenvalue weighted by Gasteiger charge is -2.38. The van der Waals surface area contributed by atoms with Crippen LogP contribution in [0.2, 0.25) is 0 Å². The molecule has 2 N–H and O–H groups in total. The molecule has 0 saturated carbocycles. The largest absolute Gasteiger partial charge is 0.379 e. The molecule has 2 amide bonds. The number of carbonyl (C=O) groups excluding carboxylic acids is 2. The average Bonchev–Trinajstić information content (AvgIpc) is 3.19. The van der Waals surface area contributed by atoms with Crippen molar-refractivity contribution in [2.75, 3.05) is 38.3 Å². The zero-order valence-corrected chi connectivity index (χ0v) is 19.6. The Morgan fingerprint density at radius 2 is 1.91 bits per heavy atom. The predicted octanol–water partition coefficient (Wildman–Crippen LogP) is 2.82. The number of nitrogens with two attached hydrogens (primary N) is 1. The maximum Gasteiger partial charge on any atom is 0.254 e. The van der Waals surface area contributed by atoms with Crippen molar-refractivity contribution in [2.24, 2.45) is 5.73 Å². The first-order valence-corrected chi connectivity index (χ1v) is 11.5. The van der Waals surface area contributed by atoms with E-state index in [2.05, 4.69) is 9.97 Å². The van der Waals surface area contributed by atoms with Crippen LogP contribution in [0.15, 0.2) is 48.8 Å². The molecule has 35 heavy (non-hydrogen) atoms. The van der Waals surface area contributed by atoms with Crippen LogP contribution in [0.5, 0.6) is 0 Å². The number of aromatic nitrogens is 2. The Morgan fingerprint density at radius 1 is 1.17 bits per heavy atom. The lowest BCUT2D eigenvalue weighted by atomic mass is 9.80. The minimum atomic E-state index is -0.580. The number of halogens is 1. The number of rotatable bonds is 6. The number of ether oxygens (including phenoxy) is 1. The Labute approximate surface area is 202 Å². The number of anilines is 2. The van der Waals surface area contributed by atoms with E-state index in [1.807, 2.05) is 24.0 Å². The van der Waals surface area contributed by atoms with Crippen molar-refractivity contribution in [3.63, 3.8) is 0 Å². The van der Waals surface area contributed by atoms with E-state index in [0.29, 0.717) is 42.4 Å². The maximum absolute atomic E-state index is 14.5. The van der Waals surface area contributed by atoms with Gasteiger partial charge in [-0.15, -0.1) is 0 Å². The van der Waals surface area contributed by atoms with Gasteiger partial charge in [0.05, 0.1) is 25.2 Å². The van der Waals surface area contributed by atoms with Gasteiger partial charge >= 0.3 is 0 Å². The normalized spacial score (nSPS) is 15.6. The predicted molar refractivity (Wildman–Crippen MR) is 129 cm³/mol. The maximum atomic E-state index is 14.5. The molecule has 5 rings (SSSR count). The molecule has 0 bridgehead atoms. The summed E-state index contributed by atoms with van der Waals surface area (Å²) in [5.74, 6) is -0.747. The van der Waals surface area contributed by atoms with Crippen LogP contribution in [0, 0.1) is 5.82 Å². The molecule has 0 radical (unpaired) electrons. The number of likely N-dealkylation sites (N-methyl/N-ethyl adjacent to an activating group) is 1. The number of amides is 2. The first kappa shape index (κ1) is 22.9. The van der Waals surface area contributed by atoms with Gasteiger partial charge in [0.1, 0.15) is 5.82 Å². The van der Waals surface area contributed by atoms with Gasteiger partial charge in [0.25, 0.3) is 5.91 Å². The Balaban J connectivity index is 1.49. The Morgan fingerprint density at radius 3 is 2.54 bits per heavy atom. The second-order valence-corrected chi connectivity index (χ2v) is 9.16. The quantitative estimate of drug-likeness (QED) is 0.588. The summed E-state index contributed by atoms with van der Waals surface area (Å²) in [6.07, 6.45) is 4.05. The number of hydrogen-bond acceptors (Lipinski definition) is 6. The van der Waals surface area contributed by atoms with Crippen LogP contribution >= 0.6 is 0 Å². The van der Waals surface area contributed by atoms with E-state index < -0.39 is 5.91 Å². The number of fused-ring (bicyclic) bond motifs is 2. The van der Waals surface area contributed by atoms with Crippen LogP contribution in [0.3, 0.4) is 0 Å². The summed E-state index contributed by atoms with van der Waals surface area (Å²) < 4.78 is 20.0. The summed E-state index contributed by atoms with van der Waals surface area (Å²) in [5, 5.41) is 0. The van der Waals surface area contributed by atoms with Gasteiger partial charge in [0.2, 0.25) is 11.9 Å². The molecule has 1 aromatic heterocycles. The highest BCUT2D eigenvalue weighted by Gasteiger charge is 2.49. The van der Waals surface area contributed by atoms with Gasteiger partial charge in [-0.2, -0.15) is 0 Å². The monoisotopic (exact) mass is 475 g/mol. The third-order valence-corrected chi connectivity index (χ3v) is 6.69. The first-order chi connectivity index (χ1) is 16.8. The van der Waals surface area contributed by atoms with Gasteiger partial charge in [-0.05, 0) is 41.8 Å². The van der Waals surface area contributed by atoms with Crippen LogP contribution in [0.25, 0.3) is 11.1 Å². The van der Waals surface area contributed by atoms with Gasteiger partial charge in [-0.25, -0.2) is 14.4 Å². The minimum absolute atomic E-state index is 0.169. The molecule has 0 unspecified atom stereocenters. The summed E-state index contributed by atoms with van der Waals surface area (Å²) in [7, 11) is 1.54. The highest BCUT2D eigenvalue weighted by molar-refractivity contribution is 5.97. The van der Waals surface area contributed by atoms with Crippen LogP contribution in [-0.2, 0) is 21.4 Å². The van der Waals surface area contributed by atoms with Crippen molar-refractivity contribution in [3.05, 3.63) is 71.3 Å². The van der Waals surface area contributed by atoms with E-state index in [0.717, 1.165) is 23.2 Å². The summed E-state index contributed by atoms with van der Waals surface area (Å²) in [6, 6.07) is 10.5. The van der Waals surface area contributed by atoms with E-state index in [9.17, 15) is 14.0 Å². The van der Waals surface area contributed by atoms with Gasteiger partial charge in [0, 0.05) is 48.4 Å². The molecule has 9 heteroatoms. The van der Waals surface area contributed by atoms with Gasteiger partial charge in [-0.3, -0.25) is 9.59 Å². The summed E-state index contributed by atoms with van der Waals surface area (Å²) >= 11 is 0. The molecular weight excluding hydrogens is 449 g/mol. The molecule has 2 aromatic carbocycles. The lowest BCUT2D eigenvalue weighted by Crippen LogP contribution is -2.49. The van der Waals surface area contributed by atoms with Crippen molar-refractivity contribution in [1.29, 1.82) is 0 Å². The molecular formula is C26H26FN5O3. The van der Waals surface area contributed by atoms with E-state index in [4.69, 9.17) is 10.5 Å². The Hall–Kier alpha value is -3.85. The van der Waals surface area contributed by atoms with Crippen LogP contribution < -0.4 is 10.6 Å². The van der Waals surface area contributed by atoms with Gasteiger partial charge < -0.3 is 20.3 Å². The number of carbonyl (C=O) groups is 2. The fraction of sp³-hybridized carbons (Fsp3) is 0.308. The van der Waals surface area contributed by atoms with Crippen molar-refractivity contribution in [2.45, 2.75) is 18.8 Å². The molecule has 1 fully saturated rings. The van der Waals surface area contributed by atoms with Crippen molar-refractivity contribution >= 4 is 23.5 Å². The van der Waals surface area contributed by atoms with E-state index in [1.54, 1.807) is 30.6 Å². The summed E-state index contributed by atoms with van der Waals surface area (Å²) in [6.45, 7) is 3.59. The zero-order chi connectivity index (χ0) is 24.7. The number of nitrogens with zero attached hydrogens (tertiary/aromatic N) is 4. The van der Waals surface area contributed by atoms with E-state index in [1.165, 1.54) is 18.0 Å². The van der Waals surface area contributed by atoms with Gasteiger partial charge in [0.15, 0.2) is 0 Å². The second kappa shape index (κ2) is 8.74. The molecule has 1 spiro atoms. The summed E-state index contributed by atoms with van der Waals surface area (Å²) in [5.41, 5.74) is 9.46. The van der Waals surface area contributed by atoms with Crippen molar-refractivity contribution < 1.29 is 18.7 Å². The van der Waals surface area contributed by atoms with Crippen molar-refractivity contribution in [3.8, 4) is 11.1 Å². The molecule has 0 aliphatic carbocycles. The molecule has 0 atom stereocenters. The Kier molecular flexibility index (Phi) is 5.72. The highest BCUT2D eigenvalue weighted by Crippen LogP contribution is 2.48. The van der Waals surface area contributed by atoms with E-state index in [-0.39, 0.29) is 23.7 Å². The molecule has 3 heterocycles. The van der Waals surface area contributed by atoms with Crippen LogP contribution in [0.4, 0.5) is 16.0 Å². The number of hydrogen-bond donors (Lipinski definition) is 1. The summed E-state index contributed by atoms with van der Waals surface area (Å²) in [4.78, 5) is 36.5. The third kappa shape index (κ3) is 4.01. The molecule has 2 aliphatic rings. The average molecular weight is 476 g/mol. The number of aryl methyl sites for hydroxylation is 1. The molecule has 3 aromatic rings. The standard InChI is InChI=1S/C26H26FN5O3/c1-3-16-4-7-21(27)19(8-16)18-10-29-25(30-11-18)32-13-26(14-35-15-26)20-6-5-17(9-22(20)32)24(34)31(2)12-23(28)33/h4-11H,3,12-15H2,1-2H3,(H2,28,33). The van der Waals surface area contributed by atoms with Crippen LogP contribution in [-0.4, -0.2) is 60.0 Å². The molecule has 2 aliphatic heterocycles. The van der Waals surface area contributed by atoms with Gasteiger partial charge in [-0.1, -0.05) is 19.1 Å². The van der Waals surface area contributed by atoms with Crippen molar-refractivity contribution in [1.82, 2.24) is 14.9 Å². The van der Waals surface area contributed by atoms with Crippen LogP contribution in [0.1, 0.15) is 28.4 Å². The zero-order valence-electron chi connectivity index (χ0n) is 19.6. The topological polar surface area (TPSA) is 102 Å². The molecule has 8 nitrogen and oxygen atoms in total. The smallest absolute Gasteiger partial charge is 0.254 e. The fourth-order valence-corrected chi connectivity index (χ4v) is 4.72. The number of benzene rings is 2.